The van der Waals surface area contributed by atoms with Gasteiger partial charge in [0, 0.05) is 19.4 Å². The van der Waals surface area contributed by atoms with Crippen LogP contribution in [0.15, 0.2) is 72.8 Å². The molecule has 0 aromatic heterocycles. The van der Waals surface area contributed by atoms with E-state index < -0.39 is 12.0 Å². The smallest absolute Gasteiger partial charge is 0.306 e. The average Bonchev–Trinajstić information content (AvgIpc) is 2.79. The highest BCUT2D eigenvalue weighted by Gasteiger charge is 2.24. The van der Waals surface area contributed by atoms with E-state index in [0.29, 0.717) is 19.4 Å². The van der Waals surface area contributed by atoms with E-state index in [-0.39, 0.29) is 37.2 Å². The summed E-state index contributed by atoms with van der Waals surface area (Å²) in [5, 5.41) is 5.75. The highest BCUT2D eigenvalue weighted by molar-refractivity contribution is 5.86. The summed E-state index contributed by atoms with van der Waals surface area (Å²) < 4.78 is 5.59. The van der Waals surface area contributed by atoms with E-state index in [2.05, 4.69) is 10.6 Å². The molecule has 162 valence electrons. The van der Waals surface area contributed by atoms with Crippen LogP contribution in [0.3, 0.4) is 0 Å². The molecule has 0 saturated carbocycles. The number of cyclic esters (lactones) is 1. The number of hydrogen-bond acceptors (Lipinski definition) is 4. The molecule has 6 heteroatoms. The Balaban J connectivity index is 1.63. The summed E-state index contributed by atoms with van der Waals surface area (Å²) in [5.74, 6) is -1.18. The molecule has 0 radical (unpaired) electrons. The number of amides is 2. The Morgan fingerprint density at radius 1 is 1.00 bits per heavy atom. The molecule has 0 aliphatic carbocycles. The van der Waals surface area contributed by atoms with E-state index in [1.807, 2.05) is 72.8 Å². The molecular formula is C25H28N2O4. The number of carbonyl (C=O) groups is 3. The van der Waals surface area contributed by atoms with Gasteiger partial charge in [-0.2, -0.15) is 0 Å². The second-order valence-electron chi connectivity index (χ2n) is 7.54. The minimum absolute atomic E-state index is 0.0960. The summed E-state index contributed by atoms with van der Waals surface area (Å²) in [6.45, 7) is 0.594. The zero-order valence-corrected chi connectivity index (χ0v) is 17.5. The van der Waals surface area contributed by atoms with Gasteiger partial charge in [0.25, 0.3) is 0 Å². The highest BCUT2D eigenvalue weighted by atomic mass is 16.5. The number of nitrogens with one attached hydrogen (secondary N) is 2. The summed E-state index contributed by atoms with van der Waals surface area (Å²) in [6.07, 6.45) is 4.51. The third-order valence-electron chi connectivity index (χ3n) is 5.14. The van der Waals surface area contributed by atoms with Gasteiger partial charge in [-0.15, -0.1) is 0 Å². The predicted molar refractivity (Wildman–Crippen MR) is 118 cm³/mol. The van der Waals surface area contributed by atoms with Crippen LogP contribution >= 0.6 is 0 Å². The van der Waals surface area contributed by atoms with Crippen molar-refractivity contribution < 1.29 is 19.1 Å². The van der Waals surface area contributed by atoms with Crippen molar-refractivity contribution in [2.24, 2.45) is 5.92 Å². The Hall–Kier alpha value is -3.41. The topological polar surface area (TPSA) is 84.5 Å². The molecule has 31 heavy (non-hydrogen) atoms. The number of ether oxygens (including phenoxy) is 1. The maximum atomic E-state index is 12.8. The standard InChI is InChI=1S/C25H28N2O4/c28-23(26-17-19-10-4-1-5-11-19)16-21-14-8-3-9-15-24(29)31-22(18-27-25(21)30)20-12-6-2-7-13-20/h1-8,10-13,21-22H,9,14-18H2,(H,26,28)(H,27,30)/b8-3+/t21-,22+/m1/s1. The first-order chi connectivity index (χ1) is 15.1. The van der Waals surface area contributed by atoms with Crippen molar-refractivity contribution >= 4 is 17.8 Å². The Kier molecular flexibility index (Phi) is 8.40. The van der Waals surface area contributed by atoms with Crippen LogP contribution in [0.25, 0.3) is 0 Å². The van der Waals surface area contributed by atoms with Crippen LogP contribution < -0.4 is 10.6 Å². The molecule has 1 aliphatic heterocycles. The van der Waals surface area contributed by atoms with E-state index in [1.54, 1.807) is 0 Å². The Bertz CT molecular complexity index is 896. The van der Waals surface area contributed by atoms with Gasteiger partial charge in [0.15, 0.2) is 0 Å². The number of benzene rings is 2. The number of carbonyl (C=O) groups excluding carboxylic acids is 3. The van der Waals surface area contributed by atoms with Crippen LogP contribution in [-0.2, 0) is 25.7 Å². The fraction of sp³-hybridized carbons (Fsp3) is 0.320. The minimum Gasteiger partial charge on any atom is -0.456 e. The van der Waals surface area contributed by atoms with Gasteiger partial charge in [0.2, 0.25) is 11.8 Å². The maximum absolute atomic E-state index is 12.8. The summed E-state index contributed by atoms with van der Waals surface area (Å²) in [7, 11) is 0. The Morgan fingerprint density at radius 2 is 1.71 bits per heavy atom. The SMILES string of the molecule is O=C(C[C@H]1C/C=C/CCC(=O)O[C@H](c2ccccc2)CNC1=O)NCc1ccccc1. The first-order valence-electron chi connectivity index (χ1n) is 10.6. The minimum atomic E-state index is -0.561. The van der Waals surface area contributed by atoms with Crippen molar-refractivity contribution in [3.8, 4) is 0 Å². The van der Waals surface area contributed by atoms with Gasteiger partial charge in [0.05, 0.1) is 12.5 Å². The monoisotopic (exact) mass is 420 g/mol. The first kappa shape index (κ1) is 22.3. The summed E-state index contributed by atoms with van der Waals surface area (Å²) in [5.41, 5.74) is 1.83. The van der Waals surface area contributed by atoms with Crippen molar-refractivity contribution in [3.05, 3.63) is 83.9 Å². The number of hydrogen-bond donors (Lipinski definition) is 2. The van der Waals surface area contributed by atoms with Crippen LogP contribution in [0.4, 0.5) is 0 Å². The summed E-state index contributed by atoms with van der Waals surface area (Å²) >= 11 is 0. The number of allylic oxidation sites excluding steroid dienone is 2. The first-order valence-corrected chi connectivity index (χ1v) is 10.6. The van der Waals surface area contributed by atoms with Crippen LogP contribution in [0.2, 0.25) is 0 Å². The Morgan fingerprint density at radius 3 is 2.45 bits per heavy atom. The van der Waals surface area contributed by atoms with Crippen molar-refractivity contribution in [3.63, 3.8) is 0 Å². The maximum Gasteiger partial charge on any atom is 0.306 e. The molecule has 0 fully saturated rings. The van der Waals surface area contributed by atoms with Crippen molar-refractivity contribution in [1.29, 1.82) is 0 Å². The van der Waals surface area contributed by atoms with E-state index in [9.17, 15) is 14.4 Å². The highest BCUT2D eigenvalue weighted by Crippen LogP contribution is 2.19. The summed E-state index contributed by atoms with van der Waals surface area (Å²) in [4.78, 5) is 37.4. The molecule has 3 rings (SSSR count). The third kappa shape index (κ3) is 7.41. The van der Waals surface area contributed by atoms with Gasteiger partial charge >= 0.3 is 5.97 Å². The second-order valence-corrected chi connectivity index (χ2v) is 7.54. The lowest BCUT2D eigenvalue weighted by atomic mass is 9.98. The lowest BCUT2D eigenvalue weighted by molar-refractivity contribution is -0.150. The molecule has 2 N–H and O–H groups in total. The lowest BCUT2D eigenvalue weighted by Gasteiger charge is -2.21. The van der Waals surface area contributed by atoms with Crippen LogP contribution in [-0.4, -0.2) is 24.3 Å². The average molecular weight is 421 g/mol. The van der Waals surface area contributed by atoms with Crippen molar-refractivity contribution in [1.82, 2.24) is 10.6 Å². The predicted octanol–water partition coefficient (Wildman–Crippen LogP) is 3.45. The molecule has 1 heterocycles. The van der Waals surface area contributed by atoms with Gasteiger partial charge < -0.3 is 15.4 Å². The molecule has 0 saturated heterocycles. The van der Waals surface area contributed by atoms with Crippen molar-refractivity contribution in [2.45, 2.75) is 38.3 Å². The lowest BCUT2D eigenvalue weighted by Crippen LogP contribution is -2.37. The molecule has 2 atom stereocenters. The molecule has 1 aliphatic rings. The molecule has 6 nitrogen and oxygen atoms in total. The van der Waals surface area contributed by atoms with Crippen LogP contribution in [0.1, 0.15) is 42.9 Å². The van der Waals surface area contributed by atoms with E-state index >= 15 is 0 Å². The number of rotatable bonds is 5. The van der Waals surface area contributed by atoms with Gasteiger partial charge in [-0.25, -0.2) is 0 Å². The van der Waals surface area contributed by atoms with Gasteiger partial charge in [-0.3, -0.25) is 14.4 Å². The molecule has 2 amide bonds. The molecule has 0 unspecified atom stereocenters. The van der Waals surface area contributed by atoms with Gasteiger partial charge in [0.1, 0.15) is 6.10 Å². The molecule has 0 spiro atoms. The molecule has 0 bridgehead atoms. The van der Waals surface area contributed by atoms with E-state index in [4.69, 9.17) is 4.74 Å². The number of esters is 1. The fourth-order valence-corrected chi connectivity index (χ4v) is 3.41. The van der Waals surface area contributed by atoms with Crippen LogP contribution in [0, 0.1) is 5.92 Å². The second kappa shape index (κ2) is 11.7. The quantitative estimate of drug-likeness (QED) is 0.573. The zero-order chi connectivity index (χ0) is 21.9. The van der Waals surface area contributed by atoms with E-state index in [0.717, 1.165) is 11.1 Å². The van der Waals surface area contributed by atoms with Crippen LogP contribution in [0.5, 0.6) is 0 Å². The van der Waals surface area contributed by atoms with Gasteiger partial charge in [-0.05, 0) is 24.0 Å². The summed E-state index contributed by atoms with van der Waals surface area (Å²) in [6, 6.07) is 19.0. The van der Waals surface area contributed by atoms with Gasteiger partial charge in [-0.1, -0.05) is 72.8 Å². The molecule has 2 aromatic rings. The molecule has 2 aromatic carbocycles. The zero-order valence-electron chi connectivity index (χ0n) is 17.5. The third-order valence-corrected chi connectivity index (χ3v) is 5.14. The normalized spacial score (nSPS) is 21.0. The molecular weight excluding hydrogens is 392 g/mol. The Labute approximate surface area is 182 Å². The van der Waals surface area contributed by atoms with Crippen molar-refractivity contribution in [2.75, 3.05) is 6.54 Å². The fourth-order valence-electron chi connectivity index (χ4n) is 3.41. The largest absolute Gasteiger partial charge is 0.456 e. The van der Waals surface area contributed by atoms with E-state index in [1.165, 1.54) is 0 Å².